The van der Waals surface area contributed by atoms with Crippen molar-refractivity contribution in [1.29, 1.82) is 0 Å². The fourth-order valence-electron chi connectivity index (χ4n) is 2.57. The number of carbonyl (C=O) groups is 2. The van der Waals surface area contributed by atoms with Crippen LogP contribution in [0.1, 0.15) is 24.0 Å². The summed E-state index contributed by atoms with van der Waals surface area (Å²) in [6.07, 6.45) is 7.49. The third-order valence-corrected chi connectivity index (χ3v) is 4.13. The lowest BCUT2D eigenvalue weighted by Crippen LogP contribution is -2.25. The zero-order valence-corrected chi connectivity index (χ0v) is 16.8. The minimum Gasteiger partial charge on any atom is -0.508 e. The van der Waals surface area contributed by atoms with Gasteiger partial charge in [0.25, 0.3) is 0 Å². The maximum absolute atomic E-state index is 11.8. The normalized spacial score (nSPS) is 11.0. The molecule has 2 aromatic carbocycles. The molecular formula is C23H26N2O5. The summed E-state index contributed by atoms with van der Waals surface area (Å²) in [4.78, 5) is 23.6. The first-order chi connectivity index (χ1) is 14.5. The number of phenols is 2. The smallest absolute Gasteiger partial charge is 0.243 e. The number of aromatic hydroxyl groups is 2. The second kappa shape index (κ2) is 12.0. The number of phenolic OH excluding ortho intramolecular Hbond substituents is 2. The highest BCUT2D eigenvalue weighted by Gasteiger charge is 2.01. The van der Waals surface area contributed by atoms with Crippen molar-refractivity contribution >= 4 is 24.0 Å². The second-order valence-corrected chi connectivity index (χ2v) is 6.48. The van der Waals surface area contributed by atoms with Gasteiger partial charge in [-0.05, 0) is 60.4 Å². The molecule has 0 aromatic heterocycles. The van der Waals surface area contributed by atoms with Crippen molar-refractivity contribution in [3.63, 3.8) is 0 Å². The van der Waals surface area contributed by atoms with E-state index in [4.69, 9.17) is 4.74 Å². The number of carbonyl (C=O) groups excluding carboxylic acids is 2. The number of rotatable bonds is 10. The molecule has 2 aromatic rings. The van der Waals surface area contributed by atoms with Crippen molar-refractivity contribution in [2.75, 3.05) is 20.2 Å². The predicted octanol–water partition coefficient (Wildman–Crippen LogP) is 2.85. The molecule has 30 heavy (non-hydrogen) atoms. The fourth-order valence-corrected chi connectivity index (χ4v) is 2.57. The van der Waals surface area contributed by atoms with Crippen LogP contribution in [0.25, 0.3) is 12.2 Å². The van der Waals surface area contributed by atoms with Gasteiger partial charge in [0.2, 0.25) is 11.8 Å². The quantitative estimate of drug-likeness (QED) is 0.356. The van der Waals surface area contributed by atoms with E-state index >= 15 is 0 Å². The third kappa shape index (κ3) is 8.10. The minimum atomic E-state index is -0.233. The molecule has 0 radical (unpaired) electrons. The summed E-state index contributed by atoms with van der Waals surface area (Å²) >= 11 is 0. The first-order valence-electron chi connectivity index (χ1n) is 9.56. The standard InChI is InChI=1S/C23H26N2O5/c1-30-21-10-7-18(16-20(21)27)9-12-23(29)25-14-3-2-13-24-22(28)11-8-17-5-4-6-19(26)15-17/h4-12,15-16,26-27H,2-3,13-14H2,1H3,(H,24,28)(H,25,29)/b11-8+,12-9+. The van der Waals surface area contributed by atoms with Gasteiger partial charge in [0.05, 0.1) is 7.11 Å². The van der Waals surface area contributed by atoms with Crippen LogP contribution in [0, 0.1) is 0 Å². The van der Waals surface area contributed by atoms with Gasteiger partial charge in [-0.15, -0.1) is 0 Å². The van der Waals surface area contributed by atoms with Crippen molar-refractivity contribution in [1.82, 2.24) is 10.6 Å². The van der Waals surface area contributed by atoms with Crippen molar-refractivity contribution in [2.45, 2.75) is 12.8 Å². The highest BCUT2D eigenvalue weighted by Crippen LogP contribution is 2.26. The monoisotopic (exact) mass is 410 g/mol. The van der Waals surface area contributed by atoms with E-state index in [-0.39, 0.29) is 23.3 Å². The van der Waals surface area contributed by atoms with Crippen LogP contribution in [-0.2, 0) is 9.59 Å². The Labute approximate surface area is 175 Å². The van der Waals surface area contributed by atoms with Crippen LogP contribution in [-0.4, -0.2) is 42.2 Å². The first kappa shape index (κ1) is 22.5. The van der Waals surface area contributed by atoms with Crippen molar-refractivity contribution < 1.29 is 24.5 Å². The molecule has 0 spiro atoms. The first-order valence-corrected chi connectivity index (χ1v) is 9.56. The van der Waals surface area contributed by atoms with Gasteiger partial charge in [-0.25, -0.2) is 0 Å². The SMILES string of the molecule is COc1ccc(/C=C/C(=O)NCCCCNC(=O)/C=C/c2cccc(O)c2)cc1O. The summed E-state index contributed by atoms with van der Waals surface area (Å²) in [5, 5.41) is 24.6. The average Bonchev–Trinajstić information content (AvgIpc) is 2.73. The van der Waals surface area contributed by atoms with Crippen molar-refractivity contribution in [3.8, 4) is 17.2 Å². The summed E-state index contributed by atoms with van der Waals surface area (Å²) in [7, 11) is 1.47. The number of benzene rings is 2. The summed E-state index contributed by atoms with van der Waals surface area (Å²) in [6.45, 7) is 0.992. The molecule has 0 unspecified atom stereocenters. The molecule has 0 bridgehead atoms. The summed E-state index contributed by atoms with van der Waals surface area (Å²) in [5.41, 5.74) is 1.43. The Bertz CT molecular complexity index is 922. The van der Waals surface area contributed by atoms with Gasteiger partial charge in [0, 0.05) is 25.2 Å². The highest BCUT2D eigenvalue weighted by molar-refractivity contribution is 5.92. The van der Waals surface area contributed by atoms with E-state index in [9.17, 15) is 19.8 Å². The fraction of sp³-hybridized carbons (Fsp3) is 0.217. The van der Waals surface area contributed by atoms with Gasteiger partial charge in [-0.2, -0.15) is 0 Å². The molecule has 0 heterocycles. The number of ether oxygens (including phenoxy) is 1. The zero-order valence-electron chi connectivity index (χ0n) is 16.8. The average molecular weight is 410 g/mol. The van der Waals surface area contributed by atoms with Gasteiger partial charge in [0.1, 0.15) is 5.75 Å². The van der Waals surface area contributed by atoms with E-state index in [1.807, 2.05) is 0 Å². The number of hydrogen-bond donors (Lipinski definition) is 4. The molecular weight excluding hydrogens is 384 g/mol. The number of methoxy groups -OCH3 is 1. The molecule has 0 aliphatic carbocycles. The van der Waals surface area contributed by atoms with Crippen molar-refractivity contribution in [2.24, 2.45) is 0 Å². The van der Waals surface area contributed by atoms with E-state index in [0.29, 0.717) is 24.4 Å². The molecule has 7 heteroatoms. The summed E-state index contributed by atoms with van der Waals surface area (Å²) < 4.78 is 4.97. The van der Waals surface area contributed by atoms with E-state index in [0.717, 1.165) is 18.4 Å². The summed E-state index contributed by atoms with van der Waals surface area (Å²) in [5.74, 6) is 0.0884. The third-order valence-electron chi connectivity index (χ3n) is 4.13. The van der Waals surface area contributed by atoms with Crippen LogP contribution in [0.5, 0.6) is 17.2 Å². The molecule has 0 saturated heterocycles. The van der Waals surface area contributed by atoms with Gasteiger partial charge < -0.3 is 25.6 Å². The molecule has 7 nitrogen and oxygen atoms in total. The minimum absolute atomic E-state index is 0.0128. The van der Waals surface area contributed by atoms with E-state index in [2.05, 4.69) is 10.6 Å². The molecule has 0 fully saturated rings. The Morgan fingerprint density at radius 3 is 2.03 bits per heavy atom. The van der Waals surface area contributed by atoms with Gasteiger partial charge in [-0.3, -0.25) is 9.59 Å². The maximum Gasteiger partial charge on any atom is 0.243 e. The zero-order chi connectivity index (χ0) is 21.8. The van der Waals surface area contributed by atoms with Gasteiger partial charge >= 0.3 is 0 Å². The largest absolute Gasteiger partial charge is 0.508 e. The summed E-state index contributed by atoms with van der Waals surface area (Å²) in [6, 6.07) is 11.5. The number of amides is 2. The Morgan fingerprint density at radius 2 is 1.50 bits per heavy atom. The van der Waals surface area contributed by atoms with E-state index in [1.54, 1.807) is 48.6 Å². The van der Waals surface area contributed by atoms with Gasteiger partial charge in [0.15, 0.2) is 11.5 Å². The number of unbranched alkanes of at least 4 members (excludes halogenated alkanes) is 1. The van der Waals surface area contributed by atoms with Crippen LogP contribution in [0.15, 0.2) is 54.6 Å². The van der Waals surface area contributed by atoms with Gasteiger partial charge in [-0.1, -0.05) is 18.2 Å². The number of hydrogen-bond acceptors (Lipinski definition) is 5. The van der Waals surface area contributed by atoms with E-state index < -0.39 is 0 Å². The molecule has 2 rings (SSSR count). The van der Waals surface area contributed by atoms with E-state index in [1.165, 1.54) is 25.3 Å². The lowest BCUT2D eigenvalue weighted by atomic mass is 10.2. The van der Waals surface area contributed by atoms with Crippen LogP contribution in [0.3, 0.4) is 0 Å². The second-order valence-electron chi connectivity index (χ2n) is 6.48. The Hall–Kier alpha value is -3.74. The Morgan fingerprint density at radius 1 is 0.900 bits per heavy atom. The molecule has 0 atom stereocenters. The van der Waals surface area contributed by atoms with Crippen LogP contribution >= 0.6 is 0 Å². The lowest BCUT2D eigenvalue weighted by molar-refractivity contribution is -0.117. The topological polar surface area (TPSA) is 108 Å². The molecule has 158 valence electrons. The Kier molecular flexibility index (Phi) is 8.99. The molecule has 4 N–H and O–H groups in total. The Balaban J connectivity index is 1.60. The molecule has 2 amide bonds. The van der Waals surface area contributed by atoms with Crippen LogP contribution < -0.4 is 15.4 Å². The van der Waals surface area contributed by atoms with Crippen molar-refractivity contribution in [3.05, 3.63) is 65.7 Å². The van der Waals surface area contributed by atoms with Crippen LogP contribution in [0.2, 0.25) is 0 Å². The number of nitrogens with one attached hydrogen (secondary N) is 2. The highest BCUT2D eigenvalue weighted by atomic mass is 16.5. The molecule has 0 aliphatic heterocycles. The predicted molar refractivity (Wildman–Crippen MR) is 116 cm³/mol. The van der Waals surface area contributed by atoms with Crippen LogP contribution in [0.4, 0.5) is 0 Å². The maximum atomic E-state index is 11.8. The molecule has 0 aliphatic rings. The molecule has 0 saturated carbocycles. The lowest BCUT2D eigenvalue weighted by Gasteiger charge is -2.04.